The summed E-state index contributed by atoms with van der Waals surface area (Å²) < 4.78 is 7.39. The van der Waals surface area contributed by atoms with Crippen molar-refractivity contribution in [3.8, 4) is 5.88 Å². The lowest BCUT2D eigenvalue weighted by Gasteiger charge is -2.28. The number of urea groups is 1. The van der Waals surface area contributed by atoms with Crippen molar-refractivity contribution in [2.45, 2.75) is 39.8 Å². The average Bonchev–Trinajstić information content (AvgIpc) is 3.08. The number of anilines is 2. The molecule has 1 aliphatic heterocycles. The van der Waals surface area contributed by atoms with E-state index in [0.717, 1.165) is 41.5 Å². The summed E-state index contributed by atoms with van der Waals surface area (Å²) in [6.07, 6.45) is 4.27. The number of pyridine rings is 1. The Hall–Kier alpha value is -3.09. The zero-order valence-electron chi connectivity index (χ0n) is 15.6. The van der Waals surface area contributed by atoms with Crippen molar-refractivity contribution >= 4 is 28.4 Å². The van der Waals surface area contributed by atoms with Gasteiger partial charge in [-0.05, 0) is 37.6 Å². The summed E-state index contributed by atoms with van der Waals surface area (Å²) in [4.78, 5) is 18.7. The van der Waals surface area contributed by atoms with Gasteiger partial charge in [-0.2, -0.15) is 10.1 Å². The number of carbonyl (C=O) groups excluding carboxylic acids is 1. The monoisotopic (exact) mass is 365 g/mol. The molecule has 27 heavy (non-hydrogen) atoms. The number of nitrogens with one attached hydrogen (secondary N) is 1. The second-order valence-electron chi connectivity index (χ2n) is 6.60. The molecule has 4 rings (SSSR count). The van der Waals surface area contributed by atoms with E-state index >= 15 is 0 Å². The van der Waals surface area contributed by atoms with Crippen LogP contribution in [0.25, 0.3) is 10.9 Å². The smallest absolute Gasteiger partial charge is 0.327 e. The number of unbranched alkanes of at least 4 members (excludes halogenated alkanes) is 1. The molecule has 0 unspecified atom stereocenters. The van der Waals surface area contributed by atoms with Gasteiger partial charge in [-0.25, -0.2) is 4.79 Å². The lowest BCUT2D eigenvalue weighted by atomic mass is 10.1. The van der Waals surface area contributed by atoms with Crippen LogP contribution in [0.3, 0.4) is 0 Å². The van der Waals surface area contributed by atoms with Crippen LogP contribution >= 0.6 is 0 Å². The molecule has 1 N–H and O–H groups in total. The lowest BCUT2D eigenvalue weighted by Crippen LogP contribution is -2.39. The number of carbonyl (C=O) groups is 1. The highest BCUT2D eigenvalue weighted by Gasteiger charge is 2.25. The molecule has 0 saturated heterocycles. The Balaban J connectivity index is 1.60. The number of hydrogen-bond acceptors (Lipinski definition) is 4. The summed E-state index contributed by atoms with van der Waals surface area (Å²) in [5.74, 6) is 1.08. The van der Waals surface area contributed by atoms with E-state index in [-0.39, 0.29) is 6.03 Å². The molecule has 2 aromatic heterocycles. The van der Waals surface area contributed by atoms with E-state index in [2.05, 4.69) is 22.3 Å². The first-order valence-corrected chi connectivity index (χ1v) is 9.36. The SMILES string of the molecule is CCCCn1cc2cc(N3Cc4ccc(OCC)nc4NC3=O)ccc2n1. The number of aryl methyl sites for hydroxylation is 1. The van der Waals surface area contributed by atoms with Gasteiger partial charge in [-0.1, -0.05) is 13.3 Å². The third kappa shape index (κ3) is 3.45. The minimum absolute atomic E-state index is 0.193. The number of nitrogens with zero attached hydrogens (tertiary/aromatic N) is 4. The molecule has 0 saturated carbocycles. The maximum absolute atomic E-state index is 12.6. The molecule has 7 nitrogen and oxygen atoms in total. The Kier molecular flexibility index (Phi) is 4.66. The van der Waals surface area contributed by atoms with Gasteiger partial charge in [0.05, 0.1) is 18.7 Å². The molecule has 3 aromatic rings. The highest BCUT2D eigenvalue weighted by molar-refractivity contribution is 6.04. The van der Waals surface area contributed by atoms with Gasteiger partial charge in [0.25, 0.3) is 0 Å². The number of fused-ring (bicyclic) bond motifs is 2. The number of hydrogen-bond donors (Lipinski definition) is 1. The zero-order valence-corrected chi connectivity index (χ0v) is 15.6. The largest absolute Gasteiger partial charge is 0.478 e. The van der Waals surface area contributed by atoms with Crippen LogP contribution in [0.4, 0.5) is 16.3 Å². The maximum Gasteiger partial charge on any atom is 0.327 e. The lowest BCUT2D eigenvalue weighted by molar-refractivity contribution is 0.255. The molecule has 0 atom stereocenters. The quantitative estimate of drug-likeness (QED) is 0.711. The number of benzene rings is 1. The summed E-state index contributed by atoms with van der Waals surface area (Å²) in [5.41, 5.74) is 2.74. The molecule has 3 heterocycles. The molecular weight excluding hydrogens is 342 g/mol. The molecule has 0 spiro atoms. The fourth-order valence-corrected chi connectivity index (χ4v) is 3.22. The van der Waals surface area contributed by atoms with E-state index in [1.54, 1.807) is 4.90 Å². The van der Waals surface area contributed by atoms with Crippen LogP contribution < -0.4 is 15.0 Å². The fraction of sp³-hybridized carbons (Fsp3) is 0.350. The number of aromatic nitrogens is 3. The highest BCUT2D eigenvalue weighted by Crippen LogP contribution is 2.29. The first-order valence-electron chi connectivity index (χ1n) is 9.36. The highest BCUT2D eigenvalue weighted by atomic mass is 16.5. The Bertz CT molecular complexity index is 982. The summed E-state index contributed by atoms with van der Waals surface area (Å²) >= 11 is 0. The molecular formula is C20H23N5O2. The zero-order chi connectivity index (χ0) is 18.8. The van der Waals surface area contributed by atoms with Crippen molar-refractivity contribution in [1.29, 1.82) is 0 Å². The molecule has 0 aliphatic carbocycles. The standard InChI is InChI=1S/C20H23N5O2/c1-3-5-10-24-12-15-11-16(7-8-17(15)23-24)25-13-14-6-9-18(27-4-2)21-19(14)22-20(25)26/h6-9,11-12H,3-5,10,13H2,1-2H3,(H,21,22,26). The van der Waals surface area contributed by atoms with E-state index in [9.17, 15) is 4.79 Å². The molecule has 7 heteroatoms. The van der Waals surface area contributed by atoms with Crippen molar-refractivity contribution in [2.24, 2.45) is 0 Å². The van der Waals surface area contributed by atoms with E-state index in [1.165, 1.54) is 0 Å². The van der Waals surface area contributed by atoms with E-state index in [4.69, 9.17) is 4.74 Å². The van der Waals surface area contributed by atoms with E-state index < -0.39 is 0 Å². The second kappa shape index (κ2) is 7.26. The number of rotatable bonds is 6. The van der Waals surface area contributed by atoms with Gasteiger partial charge in [-0.3, -0.25) is 14.9 Å². The summed E-state index contributed by atoms with van der Waals surface area (Å²) in [6.45, 7) is 5.99. The van der Waals surface area contributed by atoms with Crippen molar-refractivity contribution in [3.05, 3.63) is 42.1 Å². The van der Waals surface area contributed by atoms with E-state index in [1.807, 2.05) is 48.1 Å². The van der Waals surface area contributed by atoms with Gasteiger partial charge >= 0.3 is 6.03 Å². The summed E-state index contributed by atoms with van der Waals surface area (Å²) in [6, 6.07) is 9.50. The minimum atomic E-state index is -0.193. The molecule has 140 valence electrons. The Morgan fingerprint density at radius 1 is 1.22 bits per heavy atom. The Labute approximate surface area is 157 Å². The predicted octanol–water partition coefficient (Wildman–Crippen LogP) is 4.18. The minimum Gasteiger partial charge on any atom is -0.478 e. The van der Waals surface area contributed by atoms with Crippen LogP contribution in [0.5, 0.6) is 5.88 Å². The van der Waals surface area contributed by atoms with Gasteiger partial charge in [0.2, 0.25) is 5.88 Å². The number of amides is 2. The van der Waals surface area contributed by atoms with Crippen LogP contribution in [0.1, 0.15) is 32.3 Å². The van der Waals surface area contributed by atoms with Gasteiger partial charge < -0.3 is 4.74 Å². The fourth-order valence-electron chi connectivity index (χ4n) is 3.22. The molecule has 1 aliphatic rings. The van der Waals surface area contributed by atoms with Gasteiger partial charge in [0, 0.05) is 35.4 Å². The van der Waals surface area contributed by atoms with Crippen molar-refractivity contribution in [3.63, 3.8) is 0 Å². The Morgan fingerprint density at radius 2 is 2.11 bits per heavy atom. The second-order valence-corrected chi connectivity index (χ2v) is 6.60. The van der Waals surface area contributed by atoms with Crippen LogP contribution in [0, 0.1) is 0 Å². The topological polar surface area (TPSA) is 72.3 Å². The maximum atomic E-state index is 12.6. The van der Waals surface area contributed by atoms with Gasteiger partial charge in [-0.15, -0.1) is 0 Å². The first kappa shape index (κ1) is 17.3. The molecule has 0 fully saturated rings. The molecule has 2 amide bonds. The van der Waals surface area contributed by atoms with Gasteiger partial charge in [0.15, 0.2) is 0 Å². The van der Waals surface area contributed by atoms with Crippen LogP contribution in [0.15, 0.2) is 36.5 Å². The number of ether oxygens (including phenoxy) is 1. The molecule has 0 bridgehead atoms. The summed E-state index contributed by atoms with van der Waals surface area (Å²) in [7, 11) is 0. The van der Waals surface area contributed by atoms with Crippen LogP contribution in [-0.4, -0.2) is 27.4 Å². The third-order valence-corrected chi connectivity index (χ3v) is 4.63. The first-order chi connectivity index (χ1) is 13.2. The van der Waals surface area contributed by atoms with Crippen LogP contribution in [-0.2, 0) is 13.1 Å². The molecule has 1 aromatic carbocycles. The van der Waals surface area contributed by atoms with E-state index in [0.29, 0.717) is 24.8 Å². The Morgan fingerprint density at radius 3 is 2.93 bits per heavy atom. The van der Waals surface area contributed by atoms with Crippen molar-refractivity contribution in [2.75, 3.05) is 16.8 Å². The summed E-state index contributed by atoms with van der Waals surface area (Å²) in [5, 5.41) is 8.49. The third-order valence-electron chi connectivity index (χ3n) is 4.63. The van der Waals surface area contributed by atoms with Crippen molar-refractivity contribution < 1.29 is 9.53 Å². The predicted molar refractivity (Wildman–Crippen MR) is 105 cm³/mol. The van der Waals surface area contributed by atoms with Gasteiger partial charge in [0.1, 0.15) is 5.82 Å². The van der Waals surface area contributed by atoms with Crippen LogP contribution in [0.2, 0.25) is 0 Å². The van der Waals surface area contributed by atoms with Crippen molar-refractivity contribution in [1.82, 2.24) is 14.8 Å². The average molecular weight is 365 g/mol. The molecule has 0 radical (unpaired) electrons. The normalized spacial score (nSPS) is 13.6.